The lowest BCUT2D eigenvalue weighted by Gasteiger charge is -2.35. The Kier molecular flexibility index (Phi) is 11.5. The highest BCUT2D eigenvalue weighted by Gasteiger charge is 2.36. The highest BCUT2D eigenvalue weighted by Crippen LogP contribution is 2.33. The topological polar surface area (TPSA) is 96.0 Å². The van der Waals surface area contributed by atoms with Crippen molar-refractivity contribution < 1.29 is 22.7 Å². The number of rotatable bonds is 13. The van der Waals surface area contributed by atoms with Gasteiger partial charge < -0.3 is 15.0 Å². The zero-order valence-electron chi connectivity index (χ0n) is 26.5. The van der Waals surface area contributed by atoms with E-state index in [1.54, 1.807) is 73.7 Å². The minimum atomic E-state index is -4.25. The van der Waals surface area contributed by atoms with Gasteiger partial charge in [0.2, 0.25) is 11.8 Å². The van der Waals surface area contributed by atoms with Crippen molar-refractivity contribution in [2.75, 3.05) is 17.5 Å². The Morgan fingerprint density at radius 2 is 1.41 bits per heavy atom. The van der Waals surface area contributed by atoms with Gasteiger partial charge in [0.15, 0.2) is 0 Å². The molecule has 0 heterocycles. The van der Waals surface area contributed by atoms with Crippen molar-refractivity contribution in [3.8, 4) is 5.75 Å². The predicted molar refractivity (Wildman–Crippen MR) is 182 cm³/mol. The first-order chi connectivity index (χ1) is 21.9. The quantitative estimate of drug-likeness (QED) is 0.177. The number of halogens is 1. The molecule has 1 atom stereocenters. The monoisotopic (exact) mass is 661 g/mol. The average Bonchev–Trinajstić information content (AvgIpc) is 3.03. The molecule has 0 fully saturated rings. The zero-order chi connectivity index (χ0) is 33.3. The van der Waals surface area contributed by atoms with E-state index < -0.39 is 34.1 Å². The lowest BCUT2D eigenvalue weighted by atomic mass is 10.0. The maximum absolute atomic E-state index is 14.6. The summed E-state index contributed by atoms with van der Waals surface area (Å²) in [6.45, 7) is 7.16. The Balaban J connectivity index is 1.84. The van der Waals surface area contributed by atoms with Gasteiger partial charge in [0.25, 0.3) is 10.0 Å². The summed E-state index contributed by atoms with van der Waals surface area (Å²) in [5, 5.41) is 3.56. The van der Waals surface area contributed by atoms with Crippen LogP contribution in [-0.2, 0) is 32.6 Å². The van der Waals surface area contributed by atoms with Crippen molar-refractivity contribution in [2.45, 2.75) is 57.1 Å². The molecule has 0 radical (unpaired) electrons. The number of hydrogen-bond acceptors (Lipinski definition) is 5. The van der Waals surface area contributed by atoms with Crippen molar-refractivity contribution >= 4 is 39.1 Å². The molecule has 8 nitrogen and oxygen atoms in total. The number of benzene rings is 4. The molecule has 0 aliphatic carbocycles. The Hall–Kier alpha value is -4.34. The van der Waals surface area contributed by atoms with Crippen LogP contribution in [0, 0.1) is 0 Å². The summed E-state index contributed by atoms with van der Waals surface area (Å²) < 4.78 is 35.3. The Morgan fingerprint density at radius 1 is 0.826 bits per heavy atom. The molecule has 0 saturated heterocycles. The van der Waals surface area contributed by atoms with E-state index in [0.29, 0.717) is 17.4 Å². The lowest BCUT2D eigenvalue weighted by molar-refractivity contribution is -0.140. The van der Waals surface area contributed by atoms with Crippen molar-refractivity contribution in [1.29, 1.82) is 0 Å². The lowest BCUT2D eigenvalue weighted by Crippen LogP contribution is -2.56. The molecule has 242 valence electrons. The van der Waals surface area contributed by atoms with Gasteiger partial charge in [0, 0.05) is 23.5 Å². The Labute approximate surface area is 277 Å². The fourth-order valence-corrected chi connectivity index (χ4v) is 6.54. The van der Waals surface area contributed by atoms with Crippen molar-refractivity contribution in [3.05, 3.63) is 125 Å². The molecule has 0 unspecified atom stereocenters. The van der Waals surface area contributed by atoms with E-state index >= 15 is 0 Å². The standard InChI is InChI=1S/C36H40ClN3O5S/c1-5-45-33-19-13-12-18-31(33)40(46(43,44)30-16-10-7-11-17-30)26-34(41)39(25-28-20-22-29(37)23-21-28)32(35(42)38-36(2,3)4)24-27-14-8-6-9-15-27/h6-23,32H,5,24-26H2,1-4H3,(H,38,42)/t32-/m0/s1. The summed E-state index contributed by atoms with van der Waals surface area (Å²) >= 11 is 6.16. The molecule has 1 N–H and O–H groups in total. The van der Waals surface area contributed by atoms with E-state index in [2.05, 4.69) is 5.32 Å². The fraction of sp³-hybridized carbons (Fsp3) is 0.278. The minimum Gasteiger partial charge on any atom is -0.492 e. The van der Waals surface area contributed by atoms with Crippen LogP contribution in [0.3, 0.4) is 0 Å². The number of sulfonamides is 1. The number of hydrogen-bond donors (Lipinski definition) is 1. The van der Waals surface area contributed by atoms with Gasteiger partial charge in [0.1, 0.15) is 18.3 Å². The molecule has 4 aromatic rings. The Morgan fingerprint density at radius 3 is 2.02 bits per heavy atom. The maximum atomic E-state index is 14.6. The Bertz CT molecular complexity index is 1710. The molecule has 4 rings (SSSR count). The SMILES string of the molecule is CCOc1ccccc1N(CC(=O)N(Cc1ccc(Cl)cc1)[C@@H](Cc1ccccc1)C(=O)NC(C)(C)C)S(=O)(=O)c1ccccc1. The summed E-state index contributed by atoms with van der Waals surface area (Å²) in [5.74, 6) is -0.607. The molecule has 0 bridgehead atoms. The van der Waals surface area contributed by atoms with Gasteiger partial charge in [-0.25, -0.2) is 8.42 Å². The number of ether oxygens (including phenoxy) is 1. The van der Waals surface area contributed by atoms with Crippen LogP contribution >= 0.6 is 11.6 Å². The van der Waals surface area contributed by atoms with Crippen LogP contribution in [-0.4, -0.2) is 49.9 Å². The molecular formula is C36H40ClN3O5S. The number of anilines is 1. The molecule has 0 spiro atoms. The van der Waals surface area contributed by atoms with E-state index in [9.17, 15) is 18.0 Å². The second-order valence-electron chi connectivity index (χ2n) is 11.8. The summed E-state index contributed by atoms with van der Waals surface area (Å²) in [6.07, 6.45) is 0.211. The first-order valence-corrected chi connectivity index (χ1v) is 16.9. The van der Waals surface area contributed by atoms with Crippen molar-refractivity contribution in [3.63, 3.8) is 0 Å². The summed E-state index contributed by atoms with van der Waals surface area (Å²) in [5.41, 5.74) is 1.21. The second kappa shape index (κ2) is 15.3. The highest BCUT2D eigenvalue weighted by molar-refractivity contribution is 7.92. The zero-order valence-corrected chi connectivity index (χ0v) is 28.1. The highest BCUT2D eigenvalue weighted by atomic mass is 35.5. The van der Waals surface area contributed by atoms with Gasteiger partial charge in [-0.15, -0.1) is 0 Å². The molecule has 0 aliphatic rings. The number of carbonyl (C=O) groups excluding carboxylic acids is 2. The maximum Gasteiger partial charge on any atom is 0.264 e. The number of nitrogens with one attached hydrogen (secondary N) is 1. The van der Waals surface area contributed by atoms with Crippen LogP contribution in [0.2, 0.25) is 5.02 Å². The average molecular weight is 662 g/mol. The third-order valence-electron chi connectivity index (χ3n) is 7.08. The van der Waals surface area contributed by atoms with Crippen molar-refractivity contribution in [1.82, 2.24) is 10.2 Å². The van der Waals surface area contributed by atoms with Gasteiger partial charge in [-0.1, -0.05) is 84.4 Å². The number of carbonyl (C=O) groups is 2. The third-order valence-corrected chi connectivity index (χ3v) is 9.11. The molecule has 10 heteroatoms. The van der Waals surface area contributed by atoms with Crippen molar-refractivity contribution in [2.24, 2.45) is 0 Å². The van der Waals surface area contributed by atoms with Gasteiger partial charge in [0.05, 0.1) is 17.2 Å². The van der Waals surface area contributed by atoms with Crippen LogP contribution in [0.25, 0.3) is 0 Å². The number of amides is 2. The molecule has 46 heavy (non-hydrogen) atoms. The summed E-state index contributed by atoms with van der Waals surface area (Å²) in [4.78, 5) is 30.1. The summed E-state index contributed by atoms with van der Waals surface area (Å²) in [6, 6.07) is 30.1. The third kappa shape index (κ3) is 9.11. The molecule has 2 amide bonds. The minimum absolute atomic E-state index is 0.0182. The van der Waals surface area contributed by atoms with Crippen LogP contribution in [0.5, 0.6) is 5.75 Å². The first kappa shape index (κ1) is 34.5. The molecule has 0 aromatic heterocycles. The van der Waals surface area contributed by atoms with E-state index in [1.807, 2.05) is 51.1 Å². The molecule has 4 aromatic carbocycles. The number of nitrogens with zero attached hydrogens (tertiary/aromatic N) is 2. The molecular weight excluding hydrogens is 622 g/mol. The van der Waals surface area contributed by atoms with Gasteiger partial charge in [-0.05, 0) is 75.2 Å². The number of para-hydroxylation sites is 2. The largest absolute Gasteiger partial charge is 0.492 e. The van der Waals surface area contributed by atoms with Crippen LogP contribution in [0.15, 0.2) is 114 Å². The molecule has 0 saturated carbocycles. The van der Waals surface area contributed by atoms with Crippen LogP contribution in [0.1, 0.15) is 38.8 Å². The second-order valence-corrected chi connectivity index (χ2v) is 14.1. The van der Waals surface area contributed by atoms with E-state index in [4.69, 9.17) is 16.3 Å². The normalized spacial score (nSPS) is 12.2. The van der Waals surface area contributed by atoms with Gasteiger partial charge in [-0.3, -0.25) is 13.9 Å². The van der Waals surface area contributed by atoms with E-state index in [-0.39, 0.29) is 29.5 Å². The first-order valence-electron chi connectivity index (χ1n) is 15.1. The van der Waals surface area contributed by atoms with E-state index in [1.165, 1.54) is 17.0 Å². The van der Waals surface area contributed by atoms with E-state index in [0.717, 1.165) is 15.4 Å². The van der Waals surface area contributed by atoms with Crippen LogP contribution < -0.4 is 14.4 Å². The van der Waals surface area contributed by atoms with Gasteiger partial charge in [-0.2, -0.15) is 0 Å². The van der Waals surface area contributed by atoms with Gasteiger partial charge >= 0.3 is 0 Å². The fourth-order valence-electron chi connectivity index (χ4n) is 4.97. The smallest absolute Gasteiger partial charge is 0.264 e. The molecule has 0 aliphatic heterocycles. The van der Waals surface area contributed by atoms with Crippen LogP contribution in [0.4, 0.5) is 5.69 Å². The summed E-state index contributed by atoms with van der Waals surface area (Å²) in [7, 11) is -4.25. The predicted octanol–water partition coefficient (Wildman–Crippen LogP) is 6.49.